The van der Waals surface area contributed by atoms with E-state index in [2.05, 4.69) is 16.4 Å². The molecular formula is C13H14N2OS2. The van der Waals surface area contributed by atoms with E-state index in [0.717, 1.165) is 23.7 Å². The van der Waals surface area contributed by atoms with Gasteiger partial charge in [-0.1, -0.05) is 6.07 Å². The lowest BCUT2D eigenvalue weighted by molar-refractivity contribution is -0.138. The van der Waals surface area contributed by atoms with Crippen LogP contribution in [0.1, 0.15) is 28.0 Å². The number of likely N-dealkylation sites (tertiary alicyclic amines) is 1. The van der Waals surface area contributed by atoms with Gasteiger partial charge in [0, 0.05) is 16.8 Å². The van der Waals surface area contributed by atoms with Gasteiger partial charge in [-0.3, -0.25) is 4.79 Å². The average molecular weight is 278 g/mol. The maximum atomic E-state index is 12.2. The van der Waals surface area contributed by atoms with E-state index in [-0.39, 0.29) is 5.91 Å². The molecule has 3 rings (SSSR count). The van der Waals surface area contributed by atoms with Gasteiger partial charge in [-0.05, 0) is 24.8 Å². The summed E-state index contributed by atoms with van der Waals surface area (Å²) in [6.07, 6.45) is 1.52. The predicted molar refractivity (Wildman–Crippen MR) is 73.9 cm³/mol. The number of nitrogens with zero attached hydrogens (tertiary/aromatic N) is 2. The quantitative estimate of drug-likeness (QED) is 0.864. The SMILES string of the molecule is Cc1nc(CC(=O)N2CC[C@H]2c2cccs2)cs1. The topological polar surface area (TPSA) is 33.2 Å². The van der Waals surface area contributed by atoms with Crippen LogP contribution in [-0.2, 0) is 11.2 Å². The lowest BCUT2D eigenvalue weighted by Crippen LogP contribution is -2.45. The van der Waals surface area contributed by atoms with Crippen molar-refractivity contribution in [2.75, 3.05) is 6.54 Å². The monoisotopic (exact) mass is 278 g/mol. The Morgan fingerprint density at radius 2 is 2.44 bits per heavy atom. The van der Waals surface area contributed by atoms with E-state index < -0.39 is 0 Å². The Balaban J connectivity index is 1.66. The van der Waals surface area contributed by atoms with Crippen molar-refractivity contribution in [1.82, 2.24) is 9.88 Å². The van der Waals surface area contributed by atoms with Crippen LogP contribution >= 0.6 is 22.7 Å². The molecule has 18 heavy (non-hydrogen) atoms. The number of thiophene rings is 1. The molecular weight excluding hydrogens is 264 g/mol. The van der Waals surface area contributed by atoms with Gasteiger partial charge in [0.25, 0.3) is 0 Å². The van der Waals surface area contributed by atoms with Crippen LogP contribution in [0.3, 0.4) is 0 Å². The molecule has 2 aromatic rings. The Bertz CT molecular complexity index is 547. The van der Waals surface area contributed by atoms with Crippen LogP contribution in [0.15, 0.2) is 22.9 Å². The second kappa shape index (κ2) is 4.82. The van der Waals surface area contributed by atoms with Gasteiger partial charge in [-0.2, -0.15) is 0 Å². The summed E-state index contributed by atoms with van der Waals surface area (Å²) < 4.78 is 0. The highest BCUT2D eigenvalue weighted by molar-refractivity contribution is 7.10. The minimum atomic E-state index is 0.199. The number of aromatic nitrogens is 1. The first kappa shape index (κ1) is 11.9. The first-order valence-electron chi connectivity index (χ1n) is 5.98. The number of aryl methyl sites for hydroxylation is 1. The molecule has 0 spiro atoms. The van der Waals surface area contributed by atoms with Crippen LogP contribution in [0, 0.1) is 6.92 Å². The standard InChI is InChI=1S/C13H14N2OS2/c1-9-14-10(8-18-9)7-13(16)15-5-4-11(15)12-3-2-6-17-12/h2-3,6,8,11H,4-5,7H2,1H3/t11-/m0/s1. The summed E-state index contributed by atoms with van der Waals surface area (Å²) in [5.74, 6) is 0.199. The normalized spacial score (nSPS) is 18.7. The van der Waals surface area contributed by atoms with Gasteiger partial charge in [-0.15, -0.1) is 22.7 Å². The molecule has 94 valence electrons. The van der Waals surface area contributed by atoms with Crippen molar-refractivity contribution in [2.45, 2.75) is 25.8 Å². The van der Waals surface area contributed by atoms with Crippen LogP contribution in [-0.4, -0.2) is 22.3 Å². The largest absolute Gasteiger partial charge is 0.334 e. The molecule has 2 aromatic heterocycles. The molecule has 0 aromatic carbocycles. The number of hydrogen-bond donors (Lipinski definition) is 0. The minimum absolute atomic E-state index is 0.199. The lowest BCUT2D eigenvalue weighted by atomic mass is 10.0. The molecule has 1 fully saturated rings. The number of carbonyl (C=O) groups excluding carboxylic acids is 1. The Morgan fingerprint density at radius 1 is 1.56 bits per heavy atom. The van der Waals surface area contributed by atoms with Gasteiger partial charge in [0.15, 0.2) is 0 Å². The molecule has 0 saturated carbocycles. The molecule has 3 heterocycles. The highest BCUT2D eigenvalue weighted by Gasteiger charge is 2.33. The maximum Gasteiger partial charge on any atom is 0.229 e. The summed E-state index contributed by atoms with van der Waals surface area (Å²) in [7, 11) is 0. The van der Waals surface area contributed by atoms with Crippen molar-refractivity contribution < 1.29 is 4.79 Å². The van der Waals surface area contributed by atoms with E-state index >= 15 is 0 Å². The van der Waals surface area contributed by atoms with E-state index in [1.165, 1.54) is 4.88 Å². The number of rotatable bonds is 3. The van der Waals surface area contributed by atoms with Crippen LogP contribution in [0.25, 0.3) is 0 Å². The smallest absolute Gasteiger partial charge is 0.229 e. The molecule has 1 saturated heterocycles. The highest BCUT2D eigenvalue weighted by Crippen LogP contribution is 2.36. The van der Waals surface area contributed by atoms with Gasteiger partial charge in [0.05, 0.1) is 23.2 Å². The summed E-state index contributed by atoms with van der Waals surface area (Å²) >= 11 is 3.33. The summed E-state index contributed by atoms with van der Waals surface area (Å²) in [6, 6.07) is 4.46. The van der Waals surface area contributed by atoms with Crippen LogP contribution in [0.5, 0.6) is 0 Å². The van der Waals surface area contributed by atoms with Gasteiger partial charge in [0.2, 0.25) is 5.91 Å². The van der Waals surface area contributed by atoms with E-state index in [9.17, 15) is 4.79 Å². The second-order valence-corrected chi connectivity index (χ2v) is 6.48. The summed E-state index contributed by atoms with van der Waals surface area (Å²) in [6.45, 7) is 2.85. The summed E-state index contributed by atoms with van der Waals surface area (Å²) in [5.41, 5.74) is 0.902. The molecule has 1 aliphatic heterocycles. The molecule has 3 nitrogen and oxygen atoms in total. The molecule has 0 N–H and O–H groups in total. The second-order valence-electron chi connectivity index (χ2n) is 4.44. The Kier molecular flexibility index (Phi) is 3.18. The molecule has 1 amide bonds. The van der Waals surface area contributed by atoms with E-state index in [1.54, 1.807) is 22.7 Å². The van der Waals surface area contributed by atoms with Crippen molar-refractivity contribution >= 4 is 28.6 Å². The number of amides is 1. The first-order chi connectivity index (χ1) is 8.74. The minimum Gasteiger partial charge on any atom is -0.334 e. The van der Waals surface area contributed by atoms with Gasteiger partial charge < -0.3 is 4.90 Å². The fraction of sp³-hybridized carbons (Fsp3) is 0.385. The van der Waals surface area contributed by atoms with Gasteiger partial charge in [0.1, 0.15) is 0 Å². The zero-order chi connectivity index (χ0) is 12.5. The number of hydrogen-bond acceptors (Lipinski definition) is 4. The van der Waals surface area contributed by atoms with E-state index in [0.29, 0.717) is 12.5 Å². The third-order valence-corrected chi connectivity index (χ3v) is 5.01. The number of thiazole rings is 1. The fourth-order valence-corrected chi connectivity index (χ4v) is 3.69. The first-order valence-corrected chi connectivity index (χ1v) is 7.74. The molecule has 0 unspecified atom stereocenters. The highest BCUT2D eigenvalue weighted by atomic mass is 32.1. The van der Waals surface area contributed by atoms with Gasteiger partial charge in [-0.25, -0.2) is 4.98 Å². The maximum absolute atomic E-state index is 12.2. The molecule has 1 atom stereocenters. The fourth-order valence-electron chi connectivity index (χ4n) is 2.21. The zero-order valence-corrected chi connectivity index (χ0v) is 11.8. The van der Waals surface area contributed by atoms with Crippen molar-refractivity contribution in [2.24, 2.45) is 0 Å². The summed E-state index contributed by atoms with van der Waals surface area (Å²) in [5, 5.41) is 5.07. The van der Waals surface area contributed by atoms with E-state index in [1.807, 2.05) is 23.3 Å². The predicted octanol–water partition coefficient (Wildman–Crippen LogP) is 3.03. The third-order valence-electron chi connectivity index (χ3n) is 3.21. The molecule has 0 aliphatic carbocycles. The summed E-state index contributed by atoms with van der Waals surface area (Å²) in [4.78, 5) is 19.8. The third kappa shape index (κ3) is 2.20. The van der Waals surface area contributed by atoms with Crippen LogP contribution < -0.4 is 0 Å². The molecule has 1 aliphatic rings. The van der Waals surface area contributed by atoms with Crippen molar-refractivity contribution in [1.29, 1.82) is 0 Å². The van der Waals surface area contributed by atoms with E-state index in [4.69, 9.17) is 0 Å². The Morgan fingerprint density at radius 3 is 3.00 bits per heavy atom. The molecule has 0 radical (unpaired) electrons. The Labute approximate surface area is 114 Å². The van der Waals surface area contributed by atoms with Crippen molar-refractivity contribution in [3.05, 3.63) is 38.5 Å². The average Bonchev–Trinajstić information content (AvgIpc) is 2.89. The van der Waals surface area contributed by atoms with Crippen molar-refractivity contribution in [3.63, 3.8) is 0 Å². The number of carbonyl (C=O) groups is 1. The lowest BCUT2D eigenvalue weighted by Gasteiger charge is -2.40. The van der Waals surface area contributed by atoms with Gasteiger partial charge >= 0.3 is 0 Å². The van der Waals surface area contributed by atoms with Crippen LogP contribution in [0.4, 0.5) is 0 Å². The zero-order valence-electron chi connectivity index (χ0n) is 10.1. The Hall–Kier alpha value is -1.20. The molecule has 5 heteroatoms. The molecule has 0 bridgehead atoms. The van der Waals surface area contributed by atoms with Crippen LogP contribution in [0.2, 0.25) is 0 Å². The van der Waals surface area contributed by atoms with Crippen molar-refractivity contribution in [3.8, 4) is 0 Å².